The van der Waals surface area contributed by atoms with Crippen molar-refractivity contribution < 1.29 is 9.53 Å². The van der Waals surface area contributed by atoms with Gasteiger partial charge >= 0.3 is 0 Å². The van der Waals surface area contributed by atoms with Crippen molar-refractivity contribution in [3.63, 3.8) is 0 Å². The first-order valence-electron chi connectivity index (χ1n) is 7.51. The molecule has 0 spiro atoms. The highest BCUT2D eigenvalue weighted by Gasteiger charge is 2.22. The van der Waals surface area contributed by atoms with E-state index in [1.807, 2.05) is 12.1 Å². The van der Waals surface area contributed by atoms with Crippen LogP contribution in [-0.4, -0.2) is 19.1 Å². The molecule has 2 aliphatic carbocycles. The standard InChI is InChI=1S/C16H22N2O2/c17-14-5-1-4-13-12(14)3-2-6-15(13)20-10-16(19)18-9-11-7-8-11/h2-3,6,11,14H,1,4-5,7-10,17H2,(H,18,19). The highest BCUT2D eigenvalue weighted by Crippen LogP contribution is 2.34. The summed E-state index contributed by atoms with van der Waals surface area (Å²) in [5.74, 6) is 1.48. The van der Waals surface area contributed by atoms with Crippen molar-refractivity contribution in [1.82, 2.24) is 5.32 Å². The second-order valence-electron chi connectivity index (χ2n) is 5.86. The number of ether oxygens (including phenoxy) is 1. The summed E-state index contributed by atoms with van der Waals surface area (Å²) in [7, 11) is 0. The number of fused-ring (bicyclic) bond motifs is 1. The molecule has 1 saturated carbocycles. The third-order valence-electron chi connectivity index (χ3n) is 4.15. The van der Waals surface area contributed by atoms with Crippen LogP contribution in [-0.2, 0) is 11.2 Å². The zero-order valence-corrected chi connectivity index (χ0v) is 11.7. The third kappa shape index (κ3) is 3.12. The maximum atomic E-state index is 11.7. The monoisotopic (exact) mass is 274 g/mol. The summed E-state index contributed by atoms with van der Waals surface area (Å²) in [5.41, 5.74) is 8.48. The Morgan fingerprint density at radius 1 is 1.35 bits per heavy atom. The molecule has 20 heavy (non-hydrogen) atoms. The van der Waals surface area contributed by atoms with Gasteiger partial charge in [0.25, 0.3) is 5.91 Å². The Labute approximate surface area is 119 Å². The molecule has 2 aliphatic rings. The highest BCUT2D eigenvalue weighted by atomic mass is 16.5. The number of hydrogen-bond donors (Lipinski definition) is 2. The molecular weight excluding hydrogens is 252 g/mol. The predicted octanol–water partition coefficient (Wildman–Crippen LogP) is 1.93. The lowest BCUT2D eigenvalue weighted by Crippen LogP contribution is -2.30. The Morgan fingerprint density at radius 3 is 3.00 bits per heavy atom. The van der Waals surface area contributed by atoms with Gasteiger partial charge in [0.1, 0.15) is 5.75 Å². The van der Waals surface area contributed by atoms with Gasteiger partial charge in [-0.1, -0.05) is 12.1 Å². The van der Waals surface area contributed by atoms with Gasteiger partial charge in [-0.05, 0) is 55.2 Å². The zero-order valence-electron chi connectivity index (χ0n) is 11.7. The van der Waals surface area contributed by atoms with Gasteiger partial charge in [-0.2, -0.15) is 0 Å². The van der Waals surface area contributed by atoms with E-state index < -0.39 is 0 Å². The van der Waals surface area contributed by atoms with Gasteiger partial charge in [0.2, 0.25) is 0 Å². The van der Waals surface area contributed by atoms with Gasteiger partial charge in [-0.25, -0.2) is 0 Å². The number of nitrogens with two attached hydrogens (primary N) is 1. The molecule has 0 aromatic heterocycles. The van der Waals surface area contributed by atoms with E-state index in [9.17, 15) is 4.79 Å². The Bertz CT molecular complexity index is 497. The van der Waals surface area contributed by atoms with E-state index in [-0.39, 0.29) is 18.6 Å². The SMILES string of the molecule is NC1CCCc2c(OCC(=O)NCC3CC3)cccc21. The van der Waals surface area contributed by atoms with Crippen LogP contribution in [0, 0.1) is 5.92 Å². The maximum Gasteiger partial charge on any atom is 0.257 e. The third-order valence-corrected chi connectivity index (χ3v) is 4.15. The number of carbonyl (C=O) groups is 1. The Balaban J connectivity index is 1.59. The molecule has 4 nitrogen and oxygen atoms in total. The van der Waals surface area contributed by atoms with Crippen molar-refractivity contribution in [2.75, 3.05) is 13.2 Å². The molecule has 0 radical (unpaired) electrons. The van der Waals surface area contributed by atoms with Gasteiger partial charge in [0.15, 0.2) is 6.61 Å². The van der Waals surface area contributed by atoms with Crippen molar-refractivity contribution in [3.8, 4) is 5.75 Å². The Kier molecular flexibility index (Phi) is 3.92. The number of carbonyl (C=O) groups excluding carboxylic acids is 1. The van der Waals surface area contributed by atoms with E-state index in [4.69, 9.17) is 10.5 Å². The Morgan fingerprint density at radius 2 is 2.20 bits per heavy atom. The summed E-state index contributed by atoms with van der Waals surface area (Å²) in [4.78, 5) is 11.7. The highest BCUT2D eigenvalue weighted by molar-refractivity contribution is 5.77. The molecule has 3 N–H and O–H groups in total. The van der Waals surface area contributed by atoms with Crippen molar-refractivity contribution in [2.24, 2.45) is 11.7 Å². The summed E-state index contributed by atoms with van der Waals surface area (Å²) in [6.45, 7) is 0.887. The molecule has 0 heterocycles. The normalized spacial score (nSPS) is 21.1. The fraction of sp³-hybridized carbons (Fsp3) is 0.562. The van der Waals surface area contributed by atoms with Crippen molar-refractivity contribution in [1.29, 1.82) is 0 Å². The number of amides is 1. The summed E-state index contributed by atoms with van der Waals surface area (Å²) >= 11 is 0. The number of hydrogen-bond acceptors (Lipinski definition) is 3. The molecule has 108 valence electrons. The van der Waals surface area contributed by atoms with Crippen LogP contribution in [0.5, 0.6) is 5.75 Å². The topological polar surface area (TPSA) is 64.3 Å². The maximum absolute atomic E-state index is 11.7. The average molecular weight is 274 g/mol. The van der Waals surface area contributed by atoms with Crippen LogP contribution < -0.4 is 15.8 Å². The average Bonchev–Trinajstić information content (AvgIpc) is 3.27. The minimum atomic E-state index is -0.0328. The fourth-order valence-corrected chi connectivity index (χ4v) is 2.76. The molecular formula is C16H22N2O2. The van der Waals surface area contributed by atoms with Crippen LogP contribution in [0.25, 0.3) is 0 Å². The lowest BCUT2D eigenvalue weighted by Gasteiger charge is -2.24. The largest absolute Gasteiger partial charge is 0.483 e. The van der Waals surface area contributed by atoms with E-state index in [0.717, 1.165) is 31.6 Å². The lowest BCUT2D eigenvalue weighted by atomic mass is 9.88. The lowest BCUT2D eigenvalue weighted by molar-refractivity contribution is -0.123. The summed E-state index contributed by atoms with van der Waals surface area (Å²) in [6, 6.07) is 6.07. The number of benzene rings is 1. The smallest absolute Gasteiger partial charge is 0.257 e. The van der Waals surface area contributed by atoms with Gasteiger partial charge < -0.3 is 15.8 Å². The van der Waals surface area contributed by atoms with Crippen LogP contribution in [0.4, 0.5) is 0 Å². The fourth-order valence-electron chi connectivity index (χ4n) is 2.76. The van der Waals surface area contributed by atoms with Crippen molar-refractivity contribution in [2.45, 2.75) is 38.1 Å². The molecule has 1 fully saturated rings. The van der Waals surface area contributed by atoms with E-state index in [0.29, 0.717) is 5.92 Å². The number of rotatable bonds is 5. The second-order valence-corrected chi connectivity index (χ2v) is 5.86. The second kappa shape index (κ2) is 5.83. The molecule has 1 atom stereocenters. The first kappa shape index (κ1) is 13.4. The van der Waals surface area contributed by atoms with Crippen LogP contribution in [0.15, 0.2) is 18.2 Å². The van der Waals surface area contributed by atoms with Gasteiger partial charge in [-0.15, -0.1) is 0 Å². The molecule has 1 aromatic rings. The van der Waals surface area contributed by atoms with E-state index in [1.54, 1.807) is 0 Å². The summed E-state index contributed by atoms with van der Waals surface area (Å²) in [5, 5.41) is 2.92. The molecule has 1 amide bonds. The summed E-state index contributed by atoms with van der Waals surface area (Å²) in [6.07, 6.45) is 5.58. The molecule has 4 heteroatoms. The minimum absolute atomic E-state index is 0.0328. The summed E-state index contributed by atoms with van der Waals surface area (Å²) < 4.78 is 5.70. The van der Waals surface area contributed by atoms with Crippen LogP contribution >= 0.6 is 0 Å². The van der Waals surface area contributed by atoms with Gasteiger partial charge in [0, 0.05) is 12.6 Å². The quantitative estimate of drug-likeness (QED) is 0.862. The molecule has 0 saturated heterocycles. The van der Waals surface area contributed by atoms with E-state index in [2.05, 4.69) is 11.4 Å². The minimum Gasteiger partial charge on any atom is -0.483 e. The predicted molar refractivity (Wildman–Crippen MR) is 77.5 cm³/mol. The molecule has 3 rings (SSSR count). The molecule has 1 aromatic carbocycles. The first-order valence-corrected chi connectivity index (χ1v) is 7.51. The Hall–Kier alpha value is -1.55. The van der Waals surface area contributed by atoms with Crippen molar-refractivity contribution >= 4 is 5.91 Å². The molecule has 0 bridgehead atoms. The van der Waals surface area contributed by atoms with Gasteiger partial charge in [-0.3, -0.25) is 4.79 Å². The number of nitrogens with one attached hydrogen (secondary N) is 1. The molecule has 1 unspecified atom stereocenters. The first-order chi connectivity index (χ1) is 9.74. The van der Waals surface area contributed by atoms with Crippen molar-refractivity contribution in [3.05, 3.63) is 29.3 Å². The molecule has 0 aliphatic heterocycles. The van der Waals surface area contributed by atoms with Crippen LogP contribution in [0.2, 0.25) is 0 Å². The zero-order chi connectivity index (χ0) is 13.9. The van der Waals surface area contributed by atoms with Crippen LogP contribution in [0.1, 0.15) is 42.9 Å². The van der Waals surface area contributed by atoms with Gasteiger partial charge in [0.05, 0.1) is 0 Å². The van der Waals surface area contributed by atoms with E-state index in [1.165, 1.54) is 24.0 Å². The van der Waals surface area contributed by atoms with E-state index >= 15 is 0 Å². The van der Waals surface area contributed by atoms with Crippen LogP contribution in [0.3, 0.4) is 0 Å².